The minimum absolute atomic E-state index is 0.195. The lowest BCUT2D eigenvalue weighted by Crippen LogP contribution is -2.22. The maximum atomic E-state index is 11.4. The normalized spacial score (nSPS) is 14.2. The van der Waals surface area contributed by atoms with E-state index in [1.807, 2.05) is 0 Å². The summed E-state index contributed by atoms with van der Waals surface area (Å²) in [4.78, 5) is 15.8. The zero-order valence-electron chi connectivity index (χ0n) is 10.4. The number of aromatic nitrogens is 1. The van der Waals surface area contributed by atoms with Crippen molar-refractivity contribution in [3.05, 3.63) is 10.0 Å². The molecule has 4 nitrogen and oxygen atoms in total. The molecule has 1 N–H and O–H groups in total. The zero-order chi connectivity index (χ0) is 13.0. The molecule has 0 saturated heterocycles. The molecule has 0 aliphatic rings. The van der Waals surface area contributed by atoms with Gasteiger partial charge in [0.2, 0.25) is 0 Å². The topological polar surface area (TPSA) is 51.2 Å². The predicted molar refractivity (Wildman–Crippen MR) is 71.0 cm³/mol. The molecular formula is C11H17ClN2O2S. The number of nitrogens with zero attached hydrogens (tertiary/aromatic N) is 1. The molecular weight excluding hydrogens is 260 g/mol. The van der Waals surface area contributed by atoms with Gasteiger partial charge in [-0.25, -0.2) is 9.78 Å². The van der Waals surface area contributed by atoms with E-state index in [9.17, 15) is 4.79 Å². The number of hydrogen-bond acceptors (Lipinski definition) is 5. The van der Waals surface area contributed by atoms with Crippen molar-refractivity contribution in [2.75, 3.05) is 12.4 Å². The number of carbonyl (C=O) groups excluding carboxylic acids is 1. The second kappa shape index (κ2) is 6.21. The number of nitrogens with one attached hydrogen (secondary N) is 1. The Labute approximate surface area is 110 Å². The summed E-state index contributed by atoms with van der Waals surface area (Å²) in [6, 6.07) is 0.285. The lowest BCUT2D eigenvalue weighted by atomic mass is 10.0. The van der Waals surface area contributed by atoms with Gasteiger partial charge < -0.3 is 10.1 Å². The van der Waals surface area contributed by atoms with Crippen LogP contribution in [0.4, 0.5) is 5.13 Å². The fourth-order valence-electron chi connectivity index (χ4n) is 1.27. The molecule has 1 rings (SSSR count). The largest absolute Gasteiger partial charge is 0.465 e. The number of ether oxygens (including phenoxy) is 1. The Morgan fingerprint density at radius 2 is 2.24 bits per heavy atom. The number of carbonyl (C=O) groups is 1. The maximum absolute atomic E-state index is 11.4. The Morgan fingerprint density at radius 1 is 1.59 bits per heavy atom. The number of rotatable bonds is 5. The predicted octanol–water partition coefficient (Wildman–Crippen LogP) is 3.43. The first-order valence-corrected chi connectivity index (χ1v) is 6.70. The van der Waals surface area contributed by atoms with E-state index in [2.05, 4.69) is 35.8 Å². The summed E-state index contributed by atoms with van der Waals surface area (Å²) in [6.07, 6.45) is 1.08. The summed E-state index contributed by atoms with van der Waals surface area (Å²) in [5.41, 5.74) is 0. The third-order valence-corrected chi connectivity index (χ3v) is 4.16. The highest BCUT2D eigenvalue weighted by atomic mass is 35.5. The number of hydrogen-bond donors (Lipinski definition) is 1. The van der Waals surface area contributed by atoms with Crippen LogP contribution in [0.2, 0.25) is 5.15 Å². The van der Waals surface area contributed by atoms with Crippen LogP contribution in [0.5, 0.6) is 0 Å². The van der Waals surface area contributed by atoms with E-state index in [0.717, 1.165) is 6.42 Å². The quantitative estimate of drug-likeness (QED) is 0.837. The van der Waals surface area contributed by atoms with Gasteiger partial charge in [0.15, 0.2) is 15.2 Å². The molecule has 2 atom stereocenters. The molecule has 6 heteroatoms. The van der Waals surface area contributed by atoms with Crippen molar-refractivity contribution in [1.82, 2.24) is 4.98 Å². The fraction of sp³-hybridized carbons (Fsp3) is 0.636. The van der Waals surface area contributed by atoms with Crippen LogP contribution in [-0.2, 0) is 4.74 Å². The zero-order valence-corrected chi connectivity index (χ0v) is 12.0. The number of anilines is 1. The molecule has 1 aromatic heterocycles. The average Bonchev–Trinajstić information content (AvgIpc) is 2.67. The summed E-state index contributed by atoms with van der Waals surface area (Å²) in [5.74, 6) is 0.0796. The van der Waals surface area contributed by atoms with Crippen LogP contribution in [-0.4, -0.2) is 24.1 Å². The summed E-state index contributed by atoms with van der Waals surface area (Å²) >= 11 is 7.09. The van der Waals surface area contributed by atoms with Crippen molar-refractivity contribution in [3.8, 4) is 0 Å². The summed E-state index contributed by atoms with van der Waals surface area (Å²) in [6.45, 7) is 6.38. The van der Waals surface area contributed by atoms with Crippen molar-refractivity contribution in [2.24, 2.45) is 5.92 Å². The first-order valence-electron chi connectivity index (χ1n) is 5.50. The van der Waals surface area contributed by atoms with Crippen LogP contribution in [0.1, 0.15) is 36.9 Å². The maximum Gasteiger partial charge on any atom is 0.351 e. The monoisotopic (exact) mass is 276 g/mol. The van der Waals surface area contributed by atoms with Gasteiger partial charge in [-0.2, -0.15) is 0 Å². The molecule has 0 fully saturated rings. The molecule has 0 aromatic carbocycles. The molecule has 0 spiro atoms. The van der Waals surface area contributed by atoms with Gasteiger partial charge in [0.05, 0.1) is 7.11 Å². The van der Waals surface area contributed by atoms with Gasteiger partial charge in [0, 0.05) is 6.04 Å². The summed E-state index contributed by atoms with van der Waals surface area (Å²) in [7, 11) is 1.33. The first kappa shape index (κ1) is 14.3. The Morgan fingerprint density at radius 3 is 2.76 bits per heavy atom. The molecule has 0 radical (unpaired) electrons. The average molecular weight is 277 g/mol. The Bertz CT molecular complexity index is 395. The third kappa shape index (κ3) is 3.57. The van der Waals surface area contributed by atoms with E-state index in [0.29, 0.717) is 15.9 Å². The van der Waals surface area contributed by atoms with Crippen molar-refractivity contribution < 1.29 is 9.53 Å². The van der Waals surface area contributed by atoms with Gasteiger partial charge in [-0.15, -0.1) is 0 Å². The highest BCUT2D eigenvalue weighted by Crippen LogP contribution is 2.28. The second-order valence-corrected chi connectivity index (χ2v) is 5.31. The van der Waals surface area contributed by atoms with E-state index < -0.39 is 5.97 Å². The van der Waals surface area contributed by atoms with Crippen LogP contribution in [0.25, 0.3) is 0 Å². The Kier molecular flexibility index (Phi) is 5.21. The molecule has 0 saturated carbocycles. The van der Waals surface area contributed by atoms with Gasteiger partial charge in [-0.05, 0) is 12.8 Å². The molecule has 1 heterocycles. The van der Waals surface area contributed by atoms with Gasteiger partial charge in [0.1, 0.15) is 0 Å². The van der Waals surface area contributed by atoms with Crippen LogP contribution >= 0.6 is 22.9 Å². The highest BCUT2D eigenvalue weighted by Gasteiger charge is 2.19. The van der Waals surface area contributed by atoms with E-state index in [-0.39, 0.29) is 11.2 Å². The number of methoxy groups -OCH3 is 1. The summed E-state index contributed by atoms with van der Waals surface area (Å²) < 4.78 is 4.62. The van der Waals surface area contributed by atoms with Crippen molar-refractivity contribution in [3.63, 3.8) is 0 Å². The summed E-state index contributed by atoms with van der Waals surface area (Å²) in [5, 5.41) is 4.10. The van der Waals surface area contributed by atoms with Crippen molar-refractivity contribution in [2.45, 2.75) is 33.2 Å². The first-order chi connectivity index (χ1) is 7.99. The van der Waals surface area contributed by atoms with Gasteiger partial charge in [0.25, 0.3) is 0 Å². The van der Waals surface area contributed by atoms with E-state index in [1.165, 1.54) is 18.4 Å². The molecule has 0 aliphatic carbocycles. The number of esters is 1. The van der Waals surface area contributed by atoms with Gasteiger partial charge >= 0.3 is 5.97 Å². The van der Waals surface area contributed by atoms with Crippen LogP contribution in [0, 0.1) is 5.92 Å². The van der Waals surface area contributed by atoms with E-state index in [4.69, 9.17) is 11.6 Å². The molecule has 17 heavy (non-hydrogen) atoms. The molecule has 96 valence electrons. The SMILES string of the molecule is CCC(C)C(C)Nc1nc(Cl)c(C(=O)OC)s1. The number of thiazole rings is 1. The Balaban J connectivity index is 2.77. The van der Waals surface area contributed by atoms with Gasteiger partial charge in [-0.3, -0.25) is 0 Å². The standard InChI is InChI=1S/C11H17ClN2O2S/c1-5-6(2)7(3)13-11-14-9(12)8(17-11)10(15)16-4/h6-7H,5H2,1-4H3,(H,13,14). The minimum Gasteiger partial charge on any atom is -0.465 e. The molecule has 0 aliphatic heterocycles. The number of halogens is 1. The lowest BCUT2D eigenvalue weighted by molar-refractivity contribution is 0.0606. The molecule has 2 unspecified atom stereocenters. The second-order valence-electron chi connectivity index (χ2n) is 3.95. The molecule has 0 bridgehead atoms. The third-order valence-electron chi connectivity index (χ3n) is 2.81. The van der Waals surface area contributed by atoms with Crippen LogP contribution < -0.4 is 5.32 Å². The highest BCUT2D eigenvalue weighted by molar-refractivity contribution is 7.18. The Hall–Kier alpha value is -0.810. The van der Waals surface area contributed by atoms with Crippen molar-refractivity contribution >= 4 is 34.0 Å². The minimum atomic E-state index is -0.447. The van der Waals surface area contributed by atoms with E-state index in [1.54, 1.807) is 0 Å². The van der Waals surface area contributed by atoms with Crippen LogP contribution in [0.15, 0.2) is 0 Å². The molecule has 1 aromatic rings. The van der Waals surface area contributed by atoms with Crippen molar-refractivity contribution in [1.29, 1.82) is 0 Å². The smallest absolute Gasteiger partial charge is 0.351 e. The van der Waals surface area contributed by atoms with Crippen LogP contribution in [0.3, 0.4) is 0 Å². The van der Waals surface area contributed by atoms with Gasteiger partial charge in [-0.1, -0.05) is 43.2 Å². The fourth-order valence-corrected chi connectivity index (χ4v) is 2.47. The molecule has 0 amide bonds. The lowest BCUT2D eigenvalue weighted by Gasteiger charge is -2.18. The van der Waals surface area contributed by atoms with E-state index >= 15 is 0 Å².